The molecule has 1 heterocycles. The SMILES string of the molecule is O=C(NCC1(CO)CC1)c1cccc(OCc2cccs2)c1. The number of ether oxygens (including phenoxy) is 1. The molecule has 0 unspecified atom stereocenters. The first-order chi connectivity index (χ1) is 10.7. The van der Waals surface area contributed by atoms with Gasteiger partial charge in [-0.05, 0) is 42.5 Å². The van der Waals surface area contributed by atoms with E-state index in [1.54, 1.807) is 23.5 Å². The molecule has 1 aliphatic carbocycles. The summed E-state index contributed by atoms with van der Waals surface area (Å²) in [5, 5.41) is 14.2. The number of benzene rings is 1. The van der Waals surface area contributed by atoms with Crippen molar-refractivity contribution >= 4 is 17.2 Å². The highest BCUT2D eigenvalue weighted by atomic mass is 32.1. The van der Waals surface area contributed by atoms with Crippen LogP contribution in [0.5, 0.6) is 5.75 Å². The monoisotopic (exact) mass is 317 g/mol. The van der Waals surface area contributed by atoms with Crippen LogP contribution < -0.4 is 10.1 Å². The fourth-order valence-corrected chi connectivity index (χ4v) is 2.83. The summed E-state index contributed by atoms with van der Waals surface area (Å²) < 4.78 is 5.71. The molecule has 0 saturated heterocycles. The van der Waals surface area contributed by atoms with E-state index in [-0.39, 0.29) is 17.9 Å². The average molecular weight is 317 g/mol. The number of nitrogens with one attached hydrogen (secondary N) is 1. The van der Waals surface area contributed by atoms with Crippen LogP contribution in [0.15, 0.2) is 41.8 Å². The van der Waals surface area contributed by atoms with Crippen molar-refractivity contribution in [3.63, 3.8) is 0 Å². The second kappa shape index (κ2) is 6.50. The first-order valence-corrected chi connectivity index (χ1v) is 8.23. The van der Waals surface area contributed by atoms with Crippen LogP contribution >= 0.6 is 11.3 Å². The maximum absolute atomic E-state index is 12.2. The van der Waals surface area contributed by atoms with Gasteiger partial charge in [-0.1, -0.05) is 12.1 Å². The molecule has 2 N–H and O–H groups in total. The molecule has 5 heteroatoms. The zero-order valence-electron chi connectivity index (χ0n) is 12.2. The standard InChI is InChI=1S/C17H19NO3S/c19-12-17(6-7-17)11-18-16(20)13-3-1-4-14(9-13)21-10-15-5-2-8-22-15/h1-5,8-9,19H,6-7,10-12H2,(H,18,20). The summed E-state index contributed by atoms with van der Waals surface area (Å²) in [6.45, 7) is 1.18. The molecule has 0 atom stereocenters. The van der Waals surface area contributed by atoms with Crippen LogP contribution in [-0.2, 0) is 6.61 Å². The molecule has 3 rings (SSSR count). The Balaban J connectivity index is 1.57. The van der Waals surface area contributed by atoms with E-state index >= 15 is 0 Å². The molecule has 1 fully saturated rings. The summed E-state index contributed by atoms with van der Waals surface area (Å²) in [4.78, 5) is 13.3. The van der Waals surface area contributed by atoms with Crippen LogP contribution in [0.25, 0.3) is 0 Å². The van der Waals surface area contributed by atoms with E-state index in [4.69, 9.17) is 4.74 Å². The lowest BCUT2D eigenvalue weighted by atomic mass is 10.1. The Kier molecular flexibility index (Phi) is 4.45. The first-order valence-electron chi connectivity index (χ1n) is 7.35. The fourth-order valence-electron chi connectivity index (χ4n) is 2.21. The largest absolute Gasteiger partial charge is 0.488 e. The van der Waals surface area contributed by atoms with Crippen molar-refractivity contribution in [1.29, 1.82) is 0 Å². The topological polar surface area (TPSA) is 58.6 Å². The third kappa shape index (κ3) is 3.67. The number of aliphatic hydroxyl groups is 1. The van der Waals surface area contributed by atoms with Crippen molar-refractivity contribution in [1.82, 2.24) is 5.32 Å². The molecule has 1 amide bonds. The molecule has 4 nitrogen and oxygen atoms in total. The van der Waals surface area contributed by atoms with E-state index in [0.29, 0.717) is 24.5 Å². The molecule has 22 heavy (non-hydrogen) atoms. The number of aliphatic hydroxyl groups excluding tert-OH is 1. The molecular formula is C17H19NO3S. The van der Waals surface area contributed by atoms with Crippen molar-refractivity contribution < 1.29 is 14.6 Å². The smallest absolute Gasteiger partial charge is 0.251 e. The minimum atomic E-state index is -0.124. The van der Waals surface area contributed by atoms with Gasteiger partial charge in [0.15, 0.2) is 0 Å². The van der Waals surface area contributed by atoms with E-state index in [2.05, 4.69) is 5.32 Å². The number of amides is 1. The Bertz CT molecular complexity index is 635. The Hall–Kier alpha value is -1.85. The lowest BCUT2D eigenvalue weighted by Crippen LogP contribution is -2.31. The summed E-state index contributed by atoms with van der Waals surface area (Å²) in [5.41, 5.74) is 0.501. The quantitative estimate of drug-likeness (QED) is 0.825. The van der Waals surface area contributed by atoms with Crippen molar-refractivity contribution in [3.05, 3.63) is 52.2 Å². The number of thiophene rings is 1. The lowest BCUT2D eigenvalue weighted by molar-refractivity contribution is 0.0934. The van der Waals surface area contributed by atoms with Crippen LogP contribution in [0.3, 0.4) is 0 Å². The highest BCUT2D eigenvalue weighted by Crippen LogP contribution is 2.44. The third-order valence-corrected chi connectivity index (χ3v) is 4.82. The predicted molar refractivity (Wildman–Crippen MR) is 86.2 cm³/mol. The van der Waals surface area contributed by atoms with E-state index in [9.17, 15) is 9.90 Å². The summed E-state index contributed by atoms with van der Waals surface area (Å²) in [7, 11) is 0. The second-order valence-electron chi connectivity index (χ2n) is 5.74. The molecule has 0 spiro atoms. The molecule has 116 valence electrons. The zero-order valence-corrected chi connectivity index (χ0v) is 13.1. The lowest BCUT2D eigenvalue weighted by Gasteiger charge is -2.13. The van der Waals surface area contributed by atoms with Gasteiger partial charge in [0.2, 0.25) is 0 Å². The number of hydrogen-bond donors (Lipinski definition) is 2. The molecule has 1 aromatic heterocycles. The molecule has 1 aliphatic rings. The molecule has 1 aromatic carbocycles. The van der Waals surface area contributed by atoms with Gasteiger partial charge in [0.25, 0.3) is 5.91 Å². The molecular weight excluding hydrogens is 298 g/mol. The van der Waals surface area contributed by atoms with Gasteiger partial charge in [-0.15, -0.1) is 11.3 Å². The maximum Gasteiger partial charge on any atom is 0.251 e. The van der Waals surface area contributed by atoms with Crippen LogP contribution in [-0.4, -0.2) is 24.2 Å². The number of carbonyl (C=O) groups excluding carboxylic acids is 1. The molecule has 0 aliphatic heterocycles. The summed E-state index contributed by atoms with van der Waals surface area (Å²) in [6.07, 6.45) is 1.96. The van der Waals surface area contributed by atoms with Crippen molar-refractivity contribution in [2.45, 2.75) is 19.4 Å². The molecule has 2 aromatic rings. The van der Waals surface area contributed by atoms with E-state index < -0.39 is 0 Å². The Morgan fingerprint density at radius 2 is 2.18 bits per heavy atom. The van der Waals surface area contributed by atoms with Crippen molar-refractivity contribution in [3.8, 4) is 5.75 Å². The van der Waals surface area contributed by atoms with Crippen molar-refractivity contribution in [2.24, 2.45) is 5.41 Å². The van der Waals surface area contributed by atoms with Gasteiger partial charge in [0, 0.05) is 22.4 Å². The summed E-state index contributed by atoms with van der Waals surface area (Å²) in [6, 6.07) is 11.2. The average Bonchev–Trinajstić information content (AvgIpc) is 3.15. The zero-order chi connectivity index (χ0) is 15.4. The molecule has 0 radical (unpaired) electrons. The van der Waals surface area contributed by atoms with Crippen LogP contribution in [0, 0.1) is 5.41 Å². The predicted octanol–water partition coefficient (Wildman–Crippen LogP) is 2.83. The first kappa shape index (κ1) is 15.1. The minimum Gasteiger partial charge on any atom is -0.488 e. The highest BCUT2D eigenvalue weighted by molar-refractivity contribution is 7.09. The van der Waals surface area contributed by atoms with Crippen LogP contribution in [0.2, 0.25) is 0 Å². The van der Waals surface area contributed by atoms with Gasteiger partial charge < -0.3 is 15.2 Å². The van der Waals surface area contributed by atoms with Gasteiger partial charge in [-0.25, -0.2) is 0 Å². The van der Waals surface area contributed by atoms with Gasteiger partial charge in [-0.2, -0.15) is 0 Å². The third-order valence-electron chi connectivity index (χ3n) is 3.97. The normalized spacial score (nSPS) is 15.3. The van der Waals surface area contributed by atoms with Gasteiger partial charge in [0.1, 0.15) is 12.4 Å². The molecule has 1 saturated carbocycles. The van der Waals surface area contributed by atoms with Gasteiger partial charge >= 0.3 is 0 Å². The van der Waals surface area contributed by atoms with Crippen LogP contribution in [0.4, 0.5) is 0 Å². The fraction of sp³-hybridized carbons (Fsp3) is 0.353. The Labute approximate surface area is 133 Å². The second-order valence-corrected chi connectivity index (χ2v) is 6.77. The summed E-state index contributed by atoms with van der Waals surface area (Å²) in [5.74, 6) is 0.561. The van der Waals surface area contributed by atoms with E-state index in [1.807, 2.05) is 29.6 Å². The number of rotatable bonds is 7. The maximum atomic E-state index is 12.2. The minimum absolute atomic E-state index is 0.0804. The Morgan fingerprint density at radius 1 is 1.32 bits per heavy atom. The Morgan fingerprint density at radius 3 is 2.86 bits per heavy atom. The van der Waals surface area contributed by atoms with Gasteiger partial charge in [0.05, 0.1) is 6.61 Å². The number of hydrogen-bond acceptors (Lipinski definition) is 4. The highest BCUT2D eigenvalue weighted by Gasteiger charge is 2.42. The van der Waals surface area contributed by atoms with E-state index in [1.165, 1.54) is 0 Å². The molecule has 0 bridgehead atoms. The number of carbonyl (C=O) groups is 1. The summed E-state index contributed by atoms with van der Waals surface area (Å²) >= 11 is 1.65. The van der Waals surface area contributed by atoms with Crippen LogP contribution in [0.1, 0.15) is 28.1 Å². The van der Waals surface area contributed by atoms with E-state index in [0.717, 1.165) is 17.7 Å². The van der Waals surface area contributed by atoms with Crippen molar-refractivity contribution in [2.75, 3.05) is 13.2 Å². The van der Waals surface area contributed by atoms with Gasteiger partial charge in [-0.3, -0.25) is 4.79 Å².